The van der Waals surface area contributed by atoms with Crippen LogP contribution in [0.4, 0.5) is 5.82 Å². The second-order valence-electron chi connectivity index (χ2n) is 9.54. The number of anilines is 1. The zero-order valence-corrected chi connectivity index (χ0v) is 20.7. The summed E-state index contributed by atoms with van der Waals surface area (Å²) in [5.41, 5.74) is 2.59. The number of pyridine rings is 1. The van der Waals surface area contributed by atoms with E-state index in [-0.39, 0.29) is 19.1 Å². The smallest absolute Gasteiger partial charge is 0.251 e. The average Bonchev–Trinajstić information content (AvgIpc) is 2.85. The Balaban J connectivity index is 1.38. The lowest BCUT2D eigenvalue weighted by Crippen LogP contribution is -2.40. The number of ether oxygens (including phenoxy) is 1. The number of nitrogens with one attached hydrogen (secondary N) is 1. The zero-order chi connectivity index (χ0) is 24.5. The van der Waals surface area contributed by atoms with E-state index >= 15 is 0 Å². The van der Waals surface area contributed by atoms with Crippen molar-refractivity contribution in [1.29, 1.82) is 0 Å². The van der Waals surface area contributed by atoms with Gasteiger partial charge in [-0.1, -0.05) is 19.9 Å². The van der Waals surface area contributed by atoms with Crippen LogP contribution in [0.25, 0.3) is 0 Å². The summed E-state index contributed by atoms with van der Waals surface area (Å²) < 4.78 is 5.92. The first-order chi connectivity index (χ1) is 16.4. The zero-order valence-electron chi connectivity index (χ0n) is 20.7. The number of carbonyl (C=O) groups is 1. The lowest BCUT2D eigenvalue weighted by atomic mass is 9.92. The van der Waals surface area contributed by atoms with Gasteiger partial charge in [-0.2, -0.15) is 0 Å². The van der Waals surface area contributed by atoms with Gasteiger partial charge in [-0.3, -0.25) is 4.79 Å². The van der Waals surface area contributed by atoms with E-state index in [0.717, 1.165) is 43.1 Å². The molecule has 2 heterocycles. The minimum absolute atomic E-state index is 0.302. The van der Waals surface area contributed by atoms with Gasteiger partial charge in [0.2, 0.25) is 0 Å². The molecule has 1 saturated heterocycles. The number of rotatable bonds is 11. The molecule has 0 spiro atoms. The highest BCUT2D eigenvalue weighted by Crippen LogP contribution is 2.26. The van der Waals surface area contributed by atoms with Crippen LogP contribution in [0.2, 0.25) is 0 Å². The predicted octanol–water partition coefficient (Wildman–Crippen LogP) is 3.67. The number of aryl methyl sites for hydroxylation is 1. The van der Waals surface area contributed by atoms with Crippen LogP contribution in [-0.2, 0) is 0 Å². The minimum Gasteiger partial charge on any atom is -0.494 e. The molecule has 0 aliphatic carbocycles. The molecule has 0 radical (unpaired) electrons. The van der Waals surface area contributed by atoms with E-state index < -0.39 is 6.04 Å². The number of carbonyl (C=O) groups excluding carboxylic acids is 1. The van der Waals surface area contributed by atoms with Crippen LogP contribution in [0.15, 0.2) is 36.5 Å². The third kappa shape index (κ3) is 7.18. The monoisotopic (exact) mass is 469 g/mol. The maximum Gasteiger partial charge on any atom is 0.251 e. The van der Waals surface area contributed by atoms with Crippen LogP contribution in [0.3, 0.4) is 0 Å². The van der Waals surface area contributed by atoms with Gasteiger partial charge in [-0.25, -0.2) is 4.98 Å². The van der Waals surface area contributed by atoms with Gasteiger partial charge in [-0.15, -0.1) is 0 Å². The van der Waals surface area contributed by atoms with Crippen LogP contribution >= 0.6 is 0 Å². The van der Waals surface area contributed by atoms with Crippen LogP contribution in [0.1, 0.15) is 66.9 Å². The Morgan fingerprint density at radius 1 is 1.18 bits per heavy atom. The molecule has 7 nitrogen and oxygen atoms in total. The number of amides is 1. The Morgan fingerprint density at radius 3 is 2.50 bits per heavy atom. The third-order valence-electron chi connectivity index (χ3n) is 6.62. The van der Waals surface area contributed by atoms with Crippen LogP contribution in [0, 0.1) is 12.8 Å². The second-order valence-corrected chi connectivity index (χ2v) is 9.54. The van der Waals surface area contributed by atoms with E-state index in [9.17, 15) is 4.79 Å². The van der Waals surface area contributed by atoms with Gasteiger partial charge in [0.05, 0.1) is 25.9 Å². The molecule has 1 aliphatic heterocycles. The summed E-state index contributed by atoms with van der Waals surface area (Å²) in [6.45, 7) is 8.39. The second kappa shape index (κ2) is 12.7. The highest BCUT2D eigenvalue weighted by Gasteiger charge is 2.20. The van der Waals surface area contributed by atoms with E-state index in [1.807, 2.05) is 19.2 Å². The van der Waals surface area contributed by atoms with Crippen molar-refractivity contribution in [2.24, 2.45) is 5.92 Å². The molecule has 0 saturated carbocycles. The summed E-state index contributed by atoms with van der Waals surface area (Å²) in [5.74, 6) is 2.75. The van der Waals surface area contributed by atoms with Crippen molar-refractivity contribution in [3.05, 3.63) is 53.2 Å². The van der Waals surface area contributed by atoms with Gasteiger partial charge >= 0.3 is 0 Å². The third-order valence-corrected chi connectivity index (χ3v) is 6.62. The van der Waals surface area contributed by atoms with Gasteiger partial charge < -0.3 is 25.2 Å². The van der Waals surface area contributed by atoms with E-state index in [1.54, 1.807) is 12.1 Å². The van der Waals surface area contributed by atoms with Gasteiger partial charge in [0, 0.05) is 24.8 Å². The summed E-state index contributed by atoms with van der Waals surface area (Å²) in [6, 6.07) is 9.07. The summed E-state index contributed by atoms with van der Waals surface area (Å²) in [7, 11) is 0. The van der Waals surface area contributed by atoms with Crippen molar-refractivity contribution in [2.45, 2.75) is 58.4 Å². The Kier molecular flexibility index (Phi) is 9.72. The maximum atomic E-state index is 12.3. The molecule has 1 aromatic carbocycles. The minimum atomic E-state index is -0.656. The molecular formula is C27H39N3O4. The molecular weight excluding hydrogens is 430 g/mol. The predicted molar refractivity (Wildman–Crippen MR) is 135 cm³/mol. The molecule has 3 N–H and O–H groups in total. The quantitative estimate of drug-likeness (QED) is 0.435. The SMILES string of the molecule is Cc1cc(OCCCC2CCN(c3ccc(C(C)C)cn3)CC2)ccc1C(=O)NC(CO)CO. The van der Waals surface area contributed by atoms with E-state index in [2.05, 4.69) is 41.2 Å². The largest absolute Gasteiger partial charge is 0.494 e. The normalized spacial score (nSPS) is 14.6. The van der Waals surface area contributed by atoms with E-state index in [4.69, 9.17) is 14.9 Å². The Labute approximate surface area is 203 Å². The number of aliphatic hydroxyl groups is 2. The molecule has 0 unspecified atom stereocenters. The van der Waals surface area contributed by atoms with Crippen LogP contribution in [-0.4, -0.2) is 60.1 Å². The molecule has 7 heteroatoms. The molecule has 34 heavy (non-hydrogen) atoms. The molecule has 1 aliphatic rings. The molecule has 1 fully saturated rings. The van der Waals surface area contributed by atoms with Gasteiger partial charge in [0.15, 0.2) is 0 Å². The number of nitrogens with zero attached hydrogens (tertiary/aromatic N) is 2. The number of aromatic nitrogens is 1. The molecule has 1 aromatic heterocycles. The first-order valence-corrected chi connectivity index (χ1v) is 12.4. The molecule has 3 rings (SSSR count). The van der Waals surface area contributed by atoms with Crippen LogP contribution < -0.4 is 15.0 Å². The number of hydrogen-bond acceptors (Lipinski definition) is 6. The molecule has 2 aromatic rings. The highest BCUT2D eigenvalue weighted by molar-refractivity contribution is 5.96. The fourth-order valence-corrected chi connectivity index (χ4v) is 4.33. The van der Waals surface area contributed by atoms with Gasteiger partial charge in [0.25, 0.3) is 5.91 Å². The van der Waals surface area contributed by atoms with Gasteiger partial charge in [0.1, 0.15) is 11.6 Å². The Bertz CT molecular complexity index is 905. The fourth-order valence-electron chi connectivity index (χ4n) is 4.33. The molecule has 0 atom stereocenters. The number of benzene rings is 1. The first-order valence-electron chi connectivity index (χ1n) is 12.4. The van der Waals surface area contributed by atoms with Crippen molar-refractivity contribution >= 4 is 11.7 Å². The van der Waals surface area contributed by atoms with Crippen molar-refractivity contribution in [3.8, 4) is 5.75 Å². The standard InChI is InChI=1S/C27H39N3O4/c1-19(2)22-6-9-26(28-16-22)30-12-10-21(11-13-30)5-4-14-34-24-7-8-25(20(3)15-24)27(33)29-23(17-31)18-32/h6-9,15-16,19,21,23,31-32H,4-5,10-14,17-18H2,1-3H3,(H,29,33). The maximum absolute atomic E-state index is 12.3. The van der Waals surface area contributed by atoms with Crippen molar-refractivity contribution in [1.82, 2.24) is 10.3 Å². The summed E-state index contributed by atoms with van der Waals surface area (Å²) in [6.07, 6.45) is 6.52. The summed E-state index contributed by atoms with van der Waals surface area (Å²) in [4.78, 5) is 19.4. The molecule has 186 valence electrons. The fraction of sp³-hybridized carbons (Fsp3) is 0.556. The summed E-state index contributed by atoms with van der Waals surface area (Å²) >= 11 is 0. The van der Waals surface area contributed by atoms with Crippen molar-refractivity contribution in [2.75, 3.05) is 37.8 Å². The lowest BCUT2D eigenvalue weighted by molar-refractivity contribution is 0.0878. The first kappa shape index (κ1) is 26.0. The lowest BCUT2D eigenvalue weighted by Gasteiger charge is -2.33. The average molecular weight is 470 g/mol. The van der Waals surface area contributed by atoms with E-state index in [0.29, 0.717) is 24.0 Å². The highest BCUT2D eigenvalue weighted by atomic mass is 16.5. The number of hydrogen-bond donors (Lipinski definition) is 3. The molecule has 1 amide bonds. The molecule has 0 bridgehead atoms. The Morgan fingerprint density at radius 2 is 1.91 bits per heavy atom. The topological polar surface area (TPSA) is 94.9 Å². The van der Waals surface area contributed by atoms with Gasteiger partial charge in [-0.05, 0) is 79.8 Å². The number of piperidine rings is 1. The van der Waals surface area contributed by atoms with Crippen molar-refractivity contribution < 1.29 is 19.7 Å². The van der Waals surface area contributed by atoms with Crippen molar-refractivity contribution in [3.63, 3.8) is 0 Å². The summed E-state index contributed by atoms with van der Waals surface area (Å²) in [5, 5.41) is 20.9. The Hall–Kier alpha value is -2.64. The van der Waals surface area contributed by atoms with E-state index in [1.165, 1.54) is 18.4 Å². The van der Waals surface area contributed by atoms with Crippen LogP contribution in [0.5, 0.6) is 5.75 Å². The number of aliphatic hydroxyl groups excluding tert-OH is 2.